The zero-order chi connectivity index (χ0) is 20.9. The summed E-state index contributed by atoms with van der Waals surface area (Å²) in [7, 11) is 1.96. The Bertz CT molecular complexity index is 1010. The van der Waals surface area contributed by atoms with Gasteiger partial charge in [0.2, 0.25) is 0 Å². The van der Waals surface area contributed by atoms with Crippen LogP contribution in [0.2, 0.25) is 5.02 Å². The highest BCUT2D eigenvalue weighted by atomic mass is 35.5. The number of rotatable bonds is 6. The quantitative estimate of drug-likeness (QED) is 0.416. The first-order valence-corrected chi connectivity index (χ1v) is 11.0. The third-order valence-corrected chi connectivity index (χ3v) is 5.78. The highest BCUT2D eigenvalue weighted by Crippen LogP contribution is 2.23. The van der Waals surface area contributed by atoms with E-state index in [1.807, 2.05) is 36.1 Å². The lowest BCUT2D eigenvalue weighted by atomic mass is 10.1. The van der Waals surface area contributed by atoms with Crippen LogP contribution in [0.15, 0.2) is 41.8 Å². The maximum absolute atomic E-state index is 6.17. The molecule has 2 aromatic heterocycles. The molecule has 1 fully saturated rings. The number of hydrogen-bond acceptors (Lipinski definition) is 3. The maximum atomic E-state index is 6.17. The largest absolute Gasteiger partial charge is 0.367 e. The van der Waals surface area contributed by atoms with Gasteiger partial charge in [0.05, 0.1) is 11.9 Å². The predicted molar refractivity (Wildman–Crippen MR) is 125 cm³/mol. The molecule has 3 aromatic rings. The zero-order valence-electron chi connectivity index (χ0n) is 17.7. The van der Waals surface area contributed by atoms with Crippen molar-refractivity contribution in [3.63, 3.8) is 0 Å². The molecule has 30 heavy (non-hydrogen) atoms. The maximum Gasteiger partial charge on any atom is 0.191 e. The van der Waals surface area contributed by atoms with Gasteiger partial charge >= 0.3 is 0 Å². The van der Waals surface area contributed by atoms with Gasteiger partial charge in [-0.3, -0.25) is 9.67 Å². The van der Waals surface area contributed by atoms with Crippen molar-refractivity contribution in [2.24, 2.45) is 12.0 Å². The van der Waals surface area contributed by atoms with Crippen molar-refractivity contribution in [1.82, 2.24) is 25.4 Å². The monoisotopic (exact) mass is 427 g/mol. The van der Waals surface area contributed by atoms with E-state index in [0.29, 0.717) is 12.6 Å². The summed E-state index contributed by atoms with van der Waals surface area (Å²) in [4.78, 5) is 10.5. The van der Waals surface area contributed by atoms with E-state index in [9.17, 15) is 0 Å². The number of hydrogen-bond donors (Lipinski definition) is 3. The SMILES string of the molecule is CCNC(=NCCc1c[nH]c2ccc(Cl)cc12)NC1CCCN(c2cnn(C)c2)C1. The Morgan fingerprint density at radius 3 is 3.10 bits per heavy atom. The molecule has 0 spiro atoms. The third kappa shape index (κ3) is 4.90. The van der Waals surface area contributed by atoms with Gasteiger partial charge in [-0.1, -0.05) is 11.6 Å². The fraction of sp³-hybridized carbons (Fsp3) is 0.455. The first kappa shape index (κ1) is 20.6. The molecule has 0 saturated carbocycles. The average Bonchev–Trinajstić information content (AvgIpc) is 3.34. The molecule has 1 saturated heterocycles. The van der Waals surface area contributed by atoms with Crippen molar-refractivity contribution in [2.75, 3.05) is 31.1 Å². The van der Waals surface area contributed by atoms with Gasteiger partial charge in [0.25, 0.3) is 0 Å². The Kier molecular flexibility index (Phi) is 6.47. The summed E-state index contributed by atoms with van der Waals surface area (Å²) >= 11 is 6.17. The molecule has 0 amide bonds. The molecule has 3 N–H and O–H groups in total. The Morgan fingerprint density at radius 1 is 1.40 bits per heavy atom. The Morgan fingerprint density at radius 2 is 2.30 bits per heavy atom. The second kappa shape index (κ2) is 9.43. The summed E-state index contributed by atoms with van der Waals surface area (Å²) in [5.74, 6) is 0.883. The fourth-order valence-corrected chi connectivity index (χ4v) is 4.23. The van der Waals surface area contributed by atoms with E-state index in [1.165, 1.54) is 16.6 Å². The Labute approximate surface area is 182 Å². The number of piperidine rings is 1. The van der Waals surface area contributed by atoms with Crippen LogP contribution in [0.5, 0.6) is 0 Å². The van der Waals surface area contributed by atoms with Crippen LogP contribution in [-0.2, 0) is 13.5 Å². The second-order valence-electron chi connectivity index (χ2n) is 7.82. The van der Waals surface area contributed by atoms with Gasteiger partial charge in [-0.2, -0.15) is 5.10 Å². The topological polar surface area (TPSA) is 73.3 Å². The molecule has 160 valence electrons. The van der Waals surface area contributed by atoms with E-state index in [0.717, 1.165) is 55.4 Å². The van der Waals surface area contributed by atoms with Crippen molar-refractivity contribution in [1.29, 1.82) is 0 Å². The number of H-pyrrole nitrogens is 1. The zero-order valence-corrected chi connectivity index (χ0v) is 18.4. The highest BCUT2D eigenvalue weighted by molar-refractivity contribution is 6.31. The first-order valence-electron chi connectivity index (χ1n) is 10.7. The van der Waals surface area contributed by atoms with Gasteiger partial charge in [-0.15, -0.1) is 0 Å². The molecule has 1 aliphatic rings. The lowest BCUT2D eigenvalue weighted by Gasteiger charge is -2.34. The summed E-state index contributed by atoms with van der Waals surface area (Å²) in [6, 6.07) is 6.32. The van der Waals surface area contributed by atoms with E-state index >= 15 is 0 Å². The van der Waals surface area contributed by atoms with E-state index in [-0.39, 0.29) is 0 Å². The van der Waals surface area contributed by atoms with Crippen molar-refractivity contribution in [3.8, 4) is 0 Å². The van der Waals surface area contributed by atoms with Crippen LogP contribution in [0.3, 0.4) is 0 Å². The molecule has 1 aromatic carbocycles. The summed E-state index contributed by atoms with van der Waals surface area (Å²) in [6.07, 6.45) is 9.24. The van der Waals surface area contributed by atoms with Gasteiger partial charge in [0.1, 0.15) is 0 Å². The highest BCUT2D eigenvalue weighted by Gasteiger charge is 2.21. The molecule has 0 aliphatic carbocycles. The molecule has 1 aliphatic heterocycles. The smallest absolute Gasteiger partial charge is 0.191 e. The lowest BCUT2D eigenvalue weighted by molar-refractivity contribution is 0.468. The number of fused-ring (bicyclic) bond motifs is 1. The van der Waals surface area contributed by atoms with Crippen molar-refractivity contribution in [3.05, 3.63) is 47.4 Å². The Hall–Kier alpha value is -2.67. The van der Waals surface area contributed by atoms with Gasteiger partial charge in [0.15, 0.2) is 5.96 Å². The normalized spacial score (nSPS) is 17.5. The standard InChI is InChI=1S/C22H30ClN7/c1-3-24-22(25-9-8-16-12-26-21-7-6-17(23)11-20(16)21)28-18-5-4-10-30(14-18)19-13-27-29(2)15-19/h6-7,11-13,15,18,26H,3-5,8-10,14H2,1-2H3,(H2,24,25,28). The van der Waals surface area contributed by atoms with E-state index in [4.69, 9.17) is 16.6 Å². The number of anilines is 1. The molecule has 7 nitrogen and oxygen atoms in total. The summed E-state index contributed by atoms with van der Waals surface area (Å²) < 4.78 is 1.86. The second-order valence-corrected chi connectivity index (χ2v) is 8.25. The van der Waals surface area contributed by atoms with Gasteiger partial charge in [0, 0.05) is 67.6 Å². The number of aliphatic imine (C=N–C) groups is 1. The summed E-state index contributed by atoms with van der Waals surface area (Å²) in [5, 5.41) is 13.3. The molecule has 3 heterocycles. The first-order chi connectivity index (χ1) is 14.6. The van der Waals surface area contributed by atoms with Crippen LogP contribution in [0.4, 0.5) is 5.69 Å². The minimum absolute atomic E-state index is 0.364. The number of aromatic nitrogens is 3. The molecule has 0 bridgehead atoms. The van der Waals surface area contributed by atoms with Crippen LogP contribution in [0, 0.1) is 0 Å². The summed E-state index contributed by atoms with van der Waals surface area (Å²) in [5.41, 5.74) is 3.54. The van der Waals surface area contributed by atoms with E-state index in [2.05, 4.69) is 44.9 Å². The molecule has 1 atom stereocenters. The average molecular weight is 428 g/mol. The molecule has 0 radical (unpaired) electrons. The van der Waals surface area contributed by atoms with Gasteiger partial charge in [-0.05, 0) is 49.9 Å². The minimum atomic E-state index is 0.364. The lowest BCUT2D eigenvalue weighted by Crippen LogP contribution is -2.51. The number of halogens is 1. The number of benzene rings is 1. The predicted octanol–water partition coefficient (Wildman–Crippen LogP) is 3.32. The van der Waals surface area contributed by atoms with Crippen LogP contribution >= 0.6 is 11.6 Å². The number of nitrogens with zero attached hydrogens (tertiary/aromatic N) is 4. The number of nitrogens with one attached hydrogen (secondary N) is 3. The van der Waals surface area contributed by atoms with Crippen molar-refractivity contribution in [2.45, 2.75) is 32.2 Å². The molecule has 8 heteroatoms. The van der Waals surface area contributed by atoms with E-state index < -0.39 is 0 Å². The fourth-order valence-electron chi connectivity index (χ4n) is 4.06. The van der Waals surface area contributed by atoms with Crippen molar-refractivity contribution < 1.29 is 0 Å². The minimum Gasteiger partial charge on any atom is -0.367 e. The number of aromatic amines is 1. The third-order valence-electron chi connectivity index (χ3n) is 5.54. The van der Waals surface area contributed by atoms with Crippen LogP contribution in [-0.4, -0.2) is 52.9 Å². The molecule has 1 unspecified atom stereocenters. The van der Waals surface area contributed by atoms with Gasteiger partial charge in [-0.25, -0.2) is 0 Å². The molecular weight excluding hydrogens is 398 g/mol. The molecule has 4 rings (SSSR count). The van der Waals surface area contributed by atoms with Crippen LogP contribution < -0.4 is 15.5 Å². The van der Waals surface area contributed by atoms with Gasteiger partial charge < -0.3 is 20.5 Å². The van der Waals surface area contributed by atoms with Crippen LogP contribution in [0.25, 0.3) is 10.9 Å². The number of aryl methyl sites for hydroxylation is 1. The summed E-state index contributed by atoms with van der Waals surface area (Å²) in [6.45, 7) is 5.68. The Balaban J connectivity index is 1.38. The van der Waals surface area contributed by atoms with Crippen LogP contribution in [0.1, 0.15) is 25.3 Å². The van der Waals surface area contributed by atoms with E-state index in [1.54, 1.807) is 0 Å². The van der Waals surface area contributed by atoms with Crippen molar-refractivity contribution >= 4 is 34.2 Å². The molecular formula is C22H30ClN7. The number of guanidine groups is 1.